The van der Waals surface area contributed by atoms with Gasteiger partial charge in [-0.2, -0.15) is 0 Å². The van der Waals surface area contributed by atoms with E-state index in [9.17, 15) is 0 Å². The van der Waals surface area contributed by atoms with E-state index in [0.29, 0.717) is 0 Å². The van der Waals surface area contributed by atoms with Gasteiger partial charge in [0.2, 0.25) is 0 Å². The number of para-hydroxylation sites is 1. The third-order valence-corrected chi connectivity index (χ3v) is 8.48. The Morgan fingerprint density at radius 1 is 0.952 bits per heavy atom. The second-order valence-electron chi connectivity index (χ2n) is 6.35. The molecular weight excluding hydrogens is 274 g/mol. The fraction of sp³-hybridized carbons (Fsp3) is 0.333. The Balaban J connectivity index is 2.48. The van der Waals surface area contributed by atoms with Crippen LogP contribution in [0.5, 0.6) is 5.75 Å². The molecular formula is C18H23BOP. The first kappa shape index (κ1) is 16.1. The molecule has 21 heavy (non-hydrogen) atoms. The van der Waals surface area contributed by atoms with Gasteiger partial charge in [-0.05, 0) is 39.0 Å². The predicted molar refractivity (Wildman–Crippen MR) is 95.2 cm³/mol. The molecule has 0 fully saturated rings. The summed E-state index contributed by atoms with van der Waals surface area (Å²) in [6.45, 7) is 6.72. The number of hydrogen-bond acceptors (Lipinski definition) is 1. The summed E-state index contributed by atoms with van der Waals surface area (Å²) in [5, 5.41) is 1.30. The second kappa shape index (κ2) is 6.24. The average molecular weight is 297 g/mol. The SMILES string of the molecule is [B-][P+](Cc1ccccc1OC)(c1ccccc1)C(C)(C)C. The van der Waals surface area contributed by atoms with Crippen LogP contribution in [-0.2, 0) is 6.16 Å². The molecule has 2 aromatic carbocycles. The zero-order valence-corrected chi connectivity index (χ0v) is 14.2. The van der Waals surface area contributed by atoms with Gasteiger partial charge >= 0.3 is 0 Å². The van der Waals surface area contributed by atoms with Crippen molar-refractivity contribution < 1.29 is 4.74 Å². The van der Waals surface area contributed by atoms with Crippen molar-refractivity contribution in [3.05, 3.63) is 60.2 Å². The van der Waals surface area contributed by atoms with Crippen LogP contribution in [0.1, 0.15) is 26.3 Å². The van der Waals surface area contributed by atoms with Crippen LogP contribution in [0.3, 0.4) is 0 Å². The number of ether oxygens (including phenoxy) is 1. The molecule has 0 aliphatic rings. The molecule has 0 saturated carbocycles. The molecule has 1 unspecified atom stereocenters. The van der Waals surface area contributed by atoms with Crippen molar-refractivity contribution in [1.82, 2.24) is 0 Å². The summed E-state index contributed by atoms with van der Waals surface area (Å²) >= 11 is 0. The molecule has 2 rings (SSSR count). The zero-order valence-electron chi connectivity index (χ0n) is 13.3. The molecule has 0 spiro atoms. The van der Waals surface area contributed by atoms with E-state index in [1.807, 2.05) is 18.2 Å². The number of hydrogen-bond donors (Lipinski definition) is 0. The molecule has 0 bridgehead atoms. The van der Waals surface area contributed by atoms with E-state index in [4.69, 9.17) is 12.3 Å². The zero-order chi connectivity index (χ0) is 15.5. The minimum absolute atomic E-state index is 0.0369. The Morgan fingerprint density at radius 3 is 2.10 bits per heavy atom. The van der Waals surface area contributed by atoms with Gasteiger partial charge in [0, 0.05) is 22.2 Å². The van der Waals surface area contributed by atoms with Gasteiger partial charge in [-0.3, -0.25) is 7.57 Å². The first-order valence-corrected chi connectivity index (χ1v) is 9.27. The molecule has 2 aromatic rings. The molecule has 0 heterocycles. The van der Waals surface area contributed by atoms with Gasteiger partial charge in [0.05, 0.1) is 7.11 Å². The molecule has 0 amide bonds. The molecule has 3 radical (unpaired) electrons. The quantitative estimate of drug-likeness (QED) is 0.599. The normalized spacial score (nSPS) is 14.5. The van der Waals surface area contributed by atoms with E-state index >= 15 is 0 Å². The highest BCUT2D eigenvalue weighted by molar-refractivity contribution is 8.03. The van der Waals surface area contributed by atoms with Crippen LogP contribution < -0.4 is 10.0 Å². The minimum atomic E-state index is -1.85. The molecule has 109 valence electrons. The van der Waals surface area contributed by atoms with Gasteiger partial charge in [-0.1, -0.05) is 36.4 Å². The predicted octanol–water partition coefficient (Wildman–Crippen LogP) is 4.42. The van der Waals surface area contributed by atoms with E-state index in [0.717, 1.165) is 11.9 Å². The van der Waals surface area contributed by atoms with Crippen LogP contribution in [0.2, 0.25) is 0 Å². The first-order valence-electron chi connectivity index (χ1n) is 7.23. The van der Waals surface area contributed by atoms with Crippen molar-refractivity contribution >= 4 is 20.0 Å². The van der Waals surface area contributed by atoms with Crippen LogP contribution >= 0.6 is 7.14 Å². The highest BCUT2D eigenvalue weighted by atomic mass is 31.2. The lowest BCUT2D eigenvalue weighted by Gasteiger charge is -2.48. The summed E-state index contributed by atoms with van der Waals surface area (Å²) < 4.78 is 5.50. The molecule has 0 saturated heterocycles. The van der Waals surface area contributed by atoms with Gasteiger partial charge in [0.25, 0.3) is 0 Å². The van der Waals surface area contributed by atoms with E-state index in [1.54, 1.807) is 7.11 Å². The summed E-state index contributed by atoms with van der Waals surface area (Å²) in [6.07, 6.45) is 0.852. The van der Waals surface area contributed by atoms with Crippen LogP contribution in [0, 0.1) is 0 Å². The van der Waals surface area contributed by atoms with Gasteiger partial charge in [-0.25, -0.2) is 7.14 Å². The van der Waals surface area contributed by atoms with Crippen molar-refractivity contribution in [2.45, 2.75) is 32.1 Å². The van der Waals surface area contributed by atoms with Gasteiger partial charge in [-0.15, -0.1) is 0 Å². The number of rotatable bonds is 4. The molecule has 0 N–H and O–H groups in total. The highest BCUT2D eigenvalue weighted by Crippen LogP contribution is 2.66. The van der Waals surface area contributed by atoms with Crippen molar-refractivity contribution in [2.75, 3.05) is 7.11 Å². The third kappa shape index (κ3) is 3.32. The van der Waals surface area contributed by atoms with E-state index < -0.39 is 7.14 Å². The van der Waals surface area contributed by atoms with E-state index in [1.165, 1.54) is 10.9 Å². The minimum Gasteiger partial charge on any atom is -0.496 e. The summed E-state index contributed by atoms with van der Waals surface area (Å²) in [7, 11) is 6.88. The Kier molecular flexibility index (Phi) is 4.79. The lowest BCUT2D eigenvalue weighted by atomic mass is 10.2. The molecule has 1 atom stereocenters. The Bertz CT molecular complexity index is 592. The average Bonchev–Trinajstić information content (AvgIpc) is 2.47. The summed E-state index contributed by atoms with van der Waals surface area (Å²) in [4.78, 5) is 0. The van der Waals surface area contributed by atoms with E-state index in [2.05, 4.69) is 57.2 Å². The highest BCUT2D eigenvalue weighted by Gasteiger charge is 2.35. The maximum Gasteiger partial charge on any atom is 0.125 e. The van der Waals surface area contributed by atoms with Crippen LogP contribution in [0.15, 0.2) is 54.6 Å². The van der Waals surface area contributed by atoms with Crippen molar-refractivity contribution in [1.29, 1.82) is 0 Å². The van der Waals surface area contributed by atoms with Gasteiger partial charge in [0.15, 0.2) is 0 Å². The van der Waals surface area contributed by atoms with Crippen LogP contribution in [0.4, 0.5) is 0 Å². The Hall–Kier alpha value is -1.27. The van der Waals surface area contributed by atoms with Crippen molar-refractivity contribution in [3.8, 4) is 5.75 Å². The second-order valence-corrected chi connectivity index (χ2v) is 10.3. The fourth-order valence-corrected chi connectivity index (χ4v) is 5.45. The lowest BCUT2D eigenvalue weighted by Crippen LogP contribution is -2.30. The van der Waals surface area contributed by atoms with Gasteiger partial charge in [0.1, 0.15) is 5.75 Å². The van der Waals surface area contributed by atoms with Crippen LogP contribution in [-0.4, -0.2) is 19.8 Å². The Morgan fingerprint density at radius 2 is 1.52 bits per heavy atom. The molecule has 3 heteroatoms. The summed E-state index contributed by atoms with van der Waals surface area (Å²) in [6, 6.07) is 18.7. The fourth-order valence-electron chi connectivity index (χ4n) is 2.51. The standard InChI is InChI=1S/C18H23BOP/c1-18(2,3)21(19,16-11-6-5-7-12-16)14-15-10-8-9-13-17(15)20-4/h5-13H,14H2,1-4H3. The lowest BCUT2D eigenvalue weighted by molar-refractivity contribution is 0.411. The van der Waals surface area contributed by atoms with Gasteiger partial charge < -0.3 is 4.74 Å². The van der Waals surface area contributed by atoms with E-state index in [-0.39, 0.29) is 5.16 Å². The monoisotopic (exact) mass is 297 g/mol. The Labute approximate surface area is 130 Å². The van der Waals surface area contributed by atoms with Crippen molar-refractivity contribution in [3.63, 3.8) is 0 Å². The molecule has 1 nitrogen and oxygen atoms in total. The first-order chi connectivity index (χ1) is 9.88. The molecule has 0 aliphatic heterocycles. The number of benzene rings is 2. The molecule has 0 aliphatic carbocycles. The smallest absolute Gasteiger partial charge is 0.125 e. The molecule has 0 aromatic heterocycles. The van der Waals surface area contributed by atoms with Crippen LogP contribution in [0.25, 0.3) is 0 Å². The summed E-state index contributed by atoms with van der Waals surface area (Å²) in [5.74, 6) is 0.924. The maximum atomic E-state index is 7.01. The van der Waals surface area contributed by atoms with Crippen molar-refractivity contribution in [2.24, 2.45) is 0 Å². The maximum absolute atomic E-state index is 7.01. The topological polar surface area (TPSA) is 9.23 Å². The largest absolute Gasteiger partial charge is 0.496 e. The summed E-state index contributed by atoms with van der Waals surface area (Å²) in [5.41, 5.74) is 1.19. The third-order valence-electron chi connectivity index (χ3n) is 4.03. The number of methoxy groups -OCH3 is 1.